The van der Waals surface area contributed by atoms with Gasteiger partial charge in [0.2, 0.25) is 0 Å². The van der Waals surface area contributed by atoms with Gasteiger partial charge in [-0.1, -0.05) is 66.7 Å². The summed E-state index contributed by atoms with van der Waals surface area (Å²) >= 11 is 0. The van der Waals surface area contributed by atoms with Crippen molar-refractivity contribution in [3.63, 3.8) is 0 Å². The SMILES string of the molecule is COC1(OC(C#N)COP(O)(O)(O)N(C(C)C)C(C)C)CCN(C(=O)CCNC(=O)OCC2c3ccccc3-c3ccccc32)C1(COC(c1ccccc1)(c1ccccc1)c1ccccc1)OC. The summed E-state index contributed by atoms with van der Waals surface area (Å²) in [7, 11) is -3.31. The quantitative estimate of drug-likeness (QED) is 0.0315. The van der Waals surface area contributed by atoms with Crippen molar-refractivity contribution in [1.82, 2.24) is 14.9 Å². The van der Waals surface area contributed by atoms with Gasteiger partial charge in [0.05, 0.1) is 0 Å². The second kappa shape index (κ2) is 21.2. The van der Waals surface area contributed by atoms with Gasteiger partial charge >= 0.3 is 295 Å². The van der Waals surface area contributed by atoms with E-state index in [0.717, 1.165) is 43.6 Å². The minimum absolute atomic E-state index is 0.0310. The predicted octanol–water partition coefficient (Wildman–Crippen LogP) is 7.99. The van der Waals surface area contributed by atoms with Gasteiger partial charge in [-0.15, -0.1) is 0 Å². The van der Waals surface area contributed by atoms with Crippen LogP contribution in [0.15, 0.2) is 140 Å². The first-order valence-electron chi connectivity index (χ1n) is 23.1. The molecule has 0 saturated carbocycles. The van der Waals surface area contributed by atoms with Crippen LogP contribution < -0.4 is 5.32 Å². The normalized spacial score (nSPS) is 19.2. The summed E-state index contributed by atoms with van der Waals surface area (Å²) in [6, 6.07) is 45.7. The fourth-order valence-corrected chi connectivity index (χ4v) is 12.3. The number of nitrogens with zero attached hydrogens (tertiary/aromatic N) is 3. The molecule has 16 heteroatoms. The van der Waals surface area contributed by atoms with Gasteiger partial charge in [-0.25, -0.2) is 4.79 Å². The first kappa shape index (κ1) is 51.3. The van der Waals surface area contributed by atoms with Crippen molar-refractivity contribution in [3.8, 4) is 17.2 Å². The molecule has 1 fully saturated rings. The van der Waals surface area contributed by atoms with Crippen LogP contribution in [0, 0.1) is 11.3 Å². The Morgan fingerprint density at radius 2 is 1.28 bits per heavy atom. The zero-order valence-corrected chi connectivity index (χ0v) is 40.8. The Labute approximate surface area is 404 Å². The Morgan fingerprint density at radius 3 is 1.74 bits per heavy atom. The van der Waals surface area contributed by atoms with E-state index in [1.54, 1.807) is 27.7 Å². The monoisotopic (exact) mass is 962 g/mol. The number of nitriles is 1. The van der Waals surface area contributed by atoms with Gasteiger partial charge in [0, 0.05) is 5.92 Å². The average Bonchev–Trinajstić information content (AvgIpc) is 3.85. The van der Waals surface area contributed by atoms with Crippen molar-refractivity contribution in [2.45, 2.75) is 81.8 Å². The summed E-state index contributed by atoms with van der Waals surface area (Å²) in [6.45, 7) is 5.36. The van der Waals surface area contributed by atoms with Crippen LogP contribution in [-0.4, -0.2) is 113 Å². The molecule has 366 valence electrons. The molecule has 2 aliphatic rings. The summed E-state index contributed by atoms with van der Waals surface area (Å²) in [5.74, 6) is -2.62. The molecule has 3 atom stereocenters. The van der Waals surface area contributed by atoms with Crippen molar-refractivity contribution >= 4 is 19.7 Å². The van der Waals surface area contributed by atoms with E-state index in [2.05, 4.69) is 17.4 Å². The number of carbonyl (C=O) groups excluding carboxylic acids is 2. The molecule has 0 radical (unpaired) electrons. The van der Waals surface area contributed by atoms with E-state index < -0.39 is 68.2 Å². The van der Waals surface area contributed by atoms with Gasteiger partial charge < -0.3 is 4.74 Å². The fourth-order valence-electron chi connectivity index (χ4n) is 10.2. The third kappa shape index (κ3) is 10.2. The Morgan fingerprint density at radius 1 is 0.783 bits per heavy atom. The molecule has 7 rings (SSSR count). The summed E-state index contributed by atoms with van der Waals surface area (Å²) in [4.78, 5) is 63.2. The average molecular weight is 963 g/mol. The number of methoxy groups -OCH3 is 2. The number of nitrogens with one attached hydrogen (secondary N) is 1. The number of benzene rings is 5. The van der Waals surface area contributed by atoms with Crippen LogP contribution >= 0.6 is 7.66 Å². The maximum absolute atomic E-state index is 14.7. The Bertz CT molecular complexity index is 2420. The third-order valence-corrected chi connectivity index (χ3v) is 15.4. The van der Waals surface area contributed by atoms with Crippen LogP contribution in [0.4, 0.5) is 4.79 Å². The summed E-state index contributed by atoms with van der Waals surface area (Å²) in [5, 5.41) is 13.3. The van der Waals surface area contributed by atoms with Crippen molar-refractivity contribution in [3.05, 3.63) is 167 Å². The Balaban J connectivity index is 1.19. The molecule has 1 saturated heterocycles. The maximum atomic E-state index is 14.7. The Hall–Kier alpha value is -5.60. The number of hydrogen-bond acceptors (Lipinski definition) is 13. The molecule has 1 heterocycles. The molecule has 0 bridgehead atoms. The predicted molar refractivity (Wildman–Crippen MR) is 261 cm³/mol. The number of likely N-dealkylation sites (tertiary alicyclic amines) is 1. The molecule has 2 amide bonds. The van der Waals surface area contributed by atoms with Gasteiger partial charge in [-0.3, -0.25) is 0 Å². The van der Waals surface area contributed by atoms with Gasteiger partial charge in [0.15, 0.2) is 0 Å². The van der Waals surface area contributed by atoms with E-state index in [4.69, 9.17) is 28.2 Å². The zero-order chi connectivity index (χ0) is 49.5. The number of hydrogen-bond donors (Lipinski definition) is 4. The number of fused-ring (bicyclic) bond motifs is 3. The number of rotatable bonds is 21. The summed E-state index contributed by atoms with van der Waals surface area (Å²) in [6.07, 6.45) is -2.60. The van der Waals surface area contributed by atoms with E-state index in [9.17, 15) is 29.5 Å². The van der Waals surface area contributed by atoms with Crippen LogP contribution in [0.1, 0.15) is 74.3 Å². The van der Waals surface area contributed by atoms with Crippen molar-refractivity contribution in [2.75, 3.05) is 47.1 Å². The molecule has 0 aromatic heterocycles. The number of carbonyl (C=O) groups is 2. The summed E-state index contributed by atoms with van der Waals surface area (Å²) in [5.41, 5.74) is 3.30. The second-order valence-corrected chi connectivity index (χ2v) is 20.2. The second-order valence-electron chi connectivity index (χ2n) is 17.8. The Kier molecular flexibility index (Phi) is 15.7. The standard InChI is InChI=1S/C53H63N4O11P/c1-38(2)57(39(3)4)69(60,61,62)67-35-43(34-54)68-52(64-6)31-33-56(49(58)30-32-55-50(59)65-36-48-46-28-18-16-26-44(46)45-27-17-19-29-47(45)48)51(52,63-5)37-66-53(40-20-10-7-11-21-40,41-22-12-8-13-23-41)42-24-14-9-15-25-42/h7-29,38-39,43,48,60-62H,30-33,35-37H2,1-6H3,(H,55,59). The molecular formula is C53H63N4O11P. The molecule has 4 N–H and O–H groups in total. The van der Waals surface area contributed by atoms with E-state index in [-0.39, 0.29) is 38.5 Å². The number of ether oxygens (including phenoxy) is 5. The number of amides is 2. The van der Waals surface area contributed by atoms with Crippen LogP contribution in [0.5, 0.6) is 0 Å². The molecule has 5 aromatic carbocycles. The molecule has 0 spiro atoms. The van der Waals surface area contributed by atoms with Crippen LogP contribution in [0.2, 0.25) is 0 Å². The zero-order valence-electron chi connectivity index (χ0n) is 39.9. The van der Waals surface area contributed by atoms with Gasteiger partial charge in [0.25, 0.3) is 0 Å². The van der Waals surface area contributed by atoms with Crippen LogP contribution in [-0.2, 0) is 38.6 Å². The molecular weight excluding hydrogens is 900 g/mol. The molecule has 69 heavy (non-hydrogen) atoms. The first-order valence-corrected chi connectivity index (χ1v) is 25.1. The first-order chi connectivity index (χ1) is 33.0. The van der Waals surface area contributed by atoms with Crippen molar-refractivity contribution in [2.24, 2.45) is 0 Å². The van der Waals surface area contributed by atoms with Crippen molar-refractivity contribution in [1.29, 1.82) is 5.26 Å². The van der Waals surface area contributed by atoms with E-state index >= 15 is 0 Å². The fraction of sp³-hybridized carbons (Fsp3) is 0.377. The topological polar surface area (TPSA) is 193 Å². The molecule has 1 aliphatic carbocycles. The molecule has 3 unspecified atom stereocenters. The van der Waals surface area contributed by atoms with Gasteiger partial charge in [0.1, 0.15) is 6.61 Å². The van der Waals surface area contributed by atoms with E-state index in [1.807, 2.05) is 133 Å². The third-order valence-electron chi connectivity index (χ3n) is 13.0. The van der Waals surface area contributed by atoms with Crippen LogP contribution in [0.3, 0.4) is 0 Å². The minimum atomic E-state index is -6.03. The van der Waals surface area contributed by atoms with Gasteiger partial charge in [-0.2, -0.15) is 0 Å². The molecule has 5 aromatic rings. The van der Waals surface area contributed by atoms with E-state index in [0.29, 0.717) is 0 Å². The van der Waals surface area contributed by atoms with Crippen molar-refractivity contribution < 1.29 is 52.5 Å². The summed E-state index contributed by atoms with van der Waals surface area (Å²) < 4.78 is 38.9. The molecule has 15 nitrogen and oxygen atoms in total. The van der Waals surface area contributed by atoms with Gasteiger partial charge in [-0.05, 0) is 22.3 Å². The number of alkyl carbamates (subject to hydrolysis) is 1. The molecule has 1 aliphatic heterocycles. The van der Waals surface area contributed by atoms with Crippen LogP contribution in [0.25, 0.3) is 11.1 Å². The van der Waals surface area contributed by atoms with E-state index in [1.165, 1.54) is 19.1 Å².